The number of hydrogen-bond acceptors (Lipinski definition) is 3. The molecule has 0 saturated heterocycles. The molecule has 1 aliphatic heterocycles. The Morgan fingerprint density at radius 2 is 1.93 bits per heavy atom. The largest absolute Gasteiger partial charge is 0.496 e. The monoisotopic (exact) mass is 409 g/mol. The maximum Gasteiger partial charge on any atom is 0.272 e. The van der Waals surface area contributed by atoms with Crippen molar-refractivity contribution in [2.75, 3.05) is 7.11 Å². The Morgan fingerprint density at radius 3 is 2.72 bits per heavy atom. The maximum atomic E-state index is 13.1. The van der Waals surface area contributed by atoms with E-state index in [1.54, 1.807) is 7.11 Å². The lowest BCUT2D eigenvalue weighted by molar-refractivity contribution is 0.0945. The standard InChI is InChI=1S/C23H24ClN3O2/c1-29-20-9-5-4-7-17(20)15-25-23(28)21-19-8-3-2-6-14-27(19)22(26-21)16-10-12-18(24)13-11-16/h4-5,7,9-13H,2-3,6,8,14-15H2,1H3,(H,25,28). The highest BCUT2D eigenvalue weighted by Crippen LogP contribution is 2.28. The van der Waals surface area contributed by atoms with Gasteiger partial charge in [0.2, 0.25) is 0 Å². The van der Waals surface area contributed by atoms with Gasteiger partial charge in [-0.25, -0.2) is 4.98 Å². The molecule has 1 amide bonds. The number of amides is 1. The van der Waals surface area contributed by atoms with Crippen LogP contribution in [0.15, 0.2) is 48.5 Å². The number of carbonyl (C=O) groups is 1. The second-order valence-electron chi connectivity index (χ2n) is 7.19. The van der Waals surface area contributed by atoms with Gasteiger partial charge in [0.25, 0.3) is 5.91 Å². The SMILES string of the molecule is COc1ccccc1CNC(=O)c1nc(-c2ccc(Cl)cc2)n2c1CCCCC2. The first-order valence-corrected chi connectivity index (χ1v) is 10.3. The second-order valence-corrected chi connectivity index (χ2v) is 7.63. The van der Waals surface area contributed by atoms with Crippen LogP contribution in [0.5, 0.6) is 5.75 Å². The van der Waals surface area contributed by atoms with Crippen LogP contribution in [0.1, 0.15) is 41.0 Å². The van der Waals surface area contributed by atoms with Crippen molar-refractivity contribution >= 4 is 17.5 Å². The number of para-hydroxylation sites is 1. The summed E-state index contributed by atoms with van der Waals surface area (Å²) in [5, 5.41) is 3.70. The molecule has 0 aliphatic carbocycles. The smallest absolute Gasteiger partial charge is 0.272 e. The van der Waals surface area contributed by atoms with E-state index in [9.17, 15) is 4.79 Å². The topological polar surface area (TPSA) is 56.1 Å². The molecule has 29 heavy (non-hydrogen) atoms. The van der Waals surface area contributed by atoms with E-state index >= 15 is 0 Å². The molecule has 4 rings (SSSR count). The molecule has 0 atom stereocenters. The normalized spacial score (nSPS) is 13.4. The molecule has 3 aromatic rings. The van der Waals surface area contributed by atoms with E-state index in [0.29, 0.717) is 17.3 Å². The van der Waals surface area contributed by atoms with Gasteiger partial charge in [-0.3, -0.25) is 4.79 Å². The first-order valence-electron chi connectivity index (χ1n) is 9.93. The summed E-state index contributed by atoms with van der Waals surface area (Å²) in [6, 6.07) is 15.3. The molecule has 0 fully saturated rings. The summed E-state index contributed by atoms with van der Waals surface area (Å²) in [7, 11) is 1.63. The molecule has 0 saturated carbocycles. The number of halogens is 1. The van der Waals surface area contributed by atoms with Crippen molar-refractivity contribution in [2.24, 2.45) is 0 Å². The minimum absolute atomic E-state index is 0.151. The zero-order chi connectivity index (χ0) is 20.2. The fraction of sp³-hybridized carbons (Fsp3) is 0.304. The van der Waals surface area contributed by atoms with Gasteiger partial charge in [0, 0.05) is 29.2 Å². The van der Waals surface area contributed by atoms with Gasteiger partial charge in [-0.2, -0.15) is 0 Å². The van der Waals surface area contributed by atoms with Crippen molar-refractivity contribution < 1.29 is 9.53 Å². The third-order valence-corrected chi connectivity index (χ3v) is 5.57. The number of benzene rings is 2. The maximum absolute atomic E-state index is 13.1. The number of nitrogens with one attached hydrogen (secondary N) is 1. The van der Waals surface area contributed by atoms with Gasteiger partial charge >= 0.3 is 0 Å². The number of fused-ring (bicyclic) bond motifs is 1. The molecule has 150 valence electrons. The molecule has 2 heterocycles. The van der Waals surface area contributed by atoms with E-state index in [1.165, 1.54) is 0 Å². The van der Waals surface area contributed by atoms with E-state index in [4.69, 9.17) is 21.3 Å². The van der Waals surface area contributed by atoms with Gasteiger partial charge in [-0.05, 0) is 49.6 Å². The average molecular weight is 410 g/mol. The van der Waals surface area contributed by atoms with Crippen LogP contribution in [0, 0.1) is 0 Å². The number of hydrogen-bond donors (Lipinski definition) is 1. The molecule has 2 aromatic carbocycles. The lowest BCUT2D eigenvalue weighted by atomic mass is 10.1. The summed E-state index contributed by atoms with van der Waals surface area (Å²) in [6.07, 6.45) is 4.17. The Balaban J connectivity index is 1.64. The molecular weight excluding hydrogens is 386 g/mol. The van der Waals surface area contributed by atoms with Crippen LogP contribution < -0.4 is 10.1 Å². The first-order chi connectivity index (χ1) is 14.2. The van der Waals surface area contributed by atoms with Gasteiger partial charge < -0.3 is 14.6 Å². The summed E-state index contributed by atoms with van der Waals surface area (Å²) in [6.45, 7) is 1.27. The van der Waals surface area contributed by atoms with Crippen molar-refractivity contribution in [1.29, 1.82) is 0 Å². The van der Waals surface area contributed by atoms with Crippen LogP contribution >= 0.6 is 11.6 Å². The highest BCUT2D eigenvalue weighted by atomic mass is 35.5. The average Bonchev–Trinajstić information content (AvgIpc) is 2.93. The quantitative estimate of drug-likeness (QED) is 0.654. The Hall–Kier alpha value is -2.79. The van der Waals surface area contributed by atoms with E-state index < -0.39 is 0 Å². The molecule has 6 heteroatoms. The molecule has 0 bridgehead atoms. The number of carbonyl (C=O) groups excluding carboxylic acids is 1. The minimum atomic E-state index is -0.151. The van der Waals surface area contributed by atoms with Crippen molar-refractivity contribution in [2.45, 2.75) is 38.8 Å². The van der Waals surface area contributed by atoms with Crippen LogP contribution in [0.3, 0.4) is 0 Å². The molecule has 5 nitrogen and oxygen atoms in total. The Morgan fingerprint density at radius 1 is 1.14 bits per heavy atom. The van der Waals surface area contributed by atoms with E-state index in [1.807, 2.05) is 48.5 Å². The number of imidazole rings is 1. The molecule has 0 unspecified atom stereocenters. The zero-order valence-electron chi connectivity index (χ0n) is 16.5. The molecule has 1 aliphatic rings. The van der Waals surface area contributed by atoms with E-state index in [0.717, 1.165) is 60.6 Å². The number of nitrogens with zero attached hydrogens (tertiary/aromatic N) is 2. The van der Waals surface area contributed by atoms with Crippen molar-refractivity contribution in [1.82, 2.24) is 14.9 Å². The predicted molar refractivity (Wildman–Crippen MR) is 114 cm³/mol. The van der Waals surface area contributed by atoms with Crippen LogP contribution in [0.25, 0.3) is 11.4 Å². The van der Waals surface area contributed by atoms with Crippen LogP contribution in [0.4, 0.5) is 0 Å². The Bertz CT molecular complexity index is 1010. The fourth-order valence-corrected chi connectivity index (χ4v) is 3.96. The highest BCUT2D eigenvalue weighted by Gasteiger charge is 2.24. The van der Waals surface area contributed by atoms with Crippen molar-refractivity contribution in [3.8, 4) is 17.1 Å². The highest BCUT2D eigenvalue weighted by molar-refractivity contribution is 6.30. The Kier molecular flexibility index (Phi) is 5.86. The number of ether oxygens (including phenoxy) is 1. The van der Waals surface area contributed by atoms with Crippen LogP contribution in [-0.2, 0) is 19.5 Å². The van der Waals surface area contributed by atoms with E-state index in [-0.39, 0.29) is 5.91 Å². The van der Waals surface area contributed by atoms with Crippen LogP contribution in [0.2, 0.25) is 5.02 Å². The fourth-order valence-electron chi connectivity index (χ4n) is 3.83. The molecular formula is C23H24ClN3O2. The van der Waals surface area contributed by atoms with Crippen LogP contribution in [-0.4, -0.2) is 22.6 Å². The van der Waals surface area contributed by atoms with Gasteiger partial charge in [-0.15, -0.1) is 0 Å². The number of methoxy groups -OCH3 is 1. The lowest BCUT2D eigenvalue weighted by Gasteiger charge is -2.10. The van der Waals surface area contributed by atoms with Crippen molar-refractivity contribution in [3.05, 3.63) is 70.5 Å². The Labute approximate surface area is 175 Å². The molecule has 0 radical (unpaired) electrons. The number of aromatic nitrogens is 2. The first kappa shape index (κ1) is 19.5. The summed E-state index contributed by atoms with van der Waals surface area (Å²) in [5.74, 6) is 1.45. The van der Waals surface area contributed by atoms with Crippen molar-refractivity contribution in [3.63, 3.8) is 0 Å². The third kappa shape index (κ3) is 4.15. The third-order valence-electron chi connectivity index (χ3n) is 5.32. The summed E-state index contributed by atoms with van der Waals surface area (Å²) in [5.41, 5.74) is 3.45. The van der Waals surface area contributed by atoms with Gasteiger partial charge in [-0.1, -0.05) is 36.2 Å². The second kappa shape index (κ2) is 8.70. The van der Waals surface area contributed by atoms with E-state index in [2.05, 4.69) is 9.88 Å². The minimum Gasteiger partial charge on any atom is -0.496 e. The summed E-state index contributed by atoms with van der Waals surface area (Å²) >= 11 is 6.05. The summed E-state index contributed by atoms with van der Waals surface area (Å²) in [4.78, 5) is 17.8. The van der Waals surface area contributed by atoms with Gasteiger partial charge in [0.05, 0.1) is 12.8 Å². The lowest BCUT2D eigenvalue weighted by Crippen LogP contribution is -2.24. The molecule has 0 spiro atoms. The molecule has 1 N–H and O–H groups in total. The number of rotatable bonds is 5. The van der Waals surface area contributed by atoms with Gasteiger partial charge in [0.1, 0.15) is 17.3 Å². The van der Waals surface area contributed by atoms with Gasteiger partial charge in [0.15, 0.2) is 0 Å². The predicted octanol–water partition coefficient (Wildman–Crippen LogP) is 4.87. The summed E-state index contributed by atoms with van der Waals surface area (Å²) < 4.78 is 7.58. The molecule has 1 aromatic heterocycles. The zero-order valence-corrected chi connectivity index (χ0v) is 17.2.